The fourth-order valence-corrected chi connectivity index (χ4v) is 4.34. The predicted molar refractivity (Wildman–Crippen MR) is 94.1 cm³/mol. The number of carbonyl (C=O) groups is 1. The number of aryl methyl sites for hydroxylation is 1. The van der Waals surface area contributed by atoms with E-state index in [1.807, 2.05) is 36.6 Å². The van der Waals surface area contributed by atoms with Crippen molar-refractivity contribution in [3.8, 4) is 21.1 Å². The van der Waals surface area contributed by atoms with Crippen molar-refractivity contribution >= 4 is 39.0 Å². The molecule has 4 heterocycles. The molecule has 0 N–H and O–H groups in total. The zero-order chi connectivity index (χ0) is 15.8. The van der Waals surface area contributed by atoms with Crippen LogP contribution in [0.5, 0.6) is 0 Å². The molecule has 23 heavy (non-hydrogen) atoms. The highest BCUT2D eigenvalue weighted by molar-refractivity contribution is 7.19. The summed E-state index contributed by atoms with van der Waals surface area (Å²) in [4.78, 5) is 25.5. The maximum Gasteiger partial charge on any atom is 0.168 e. The molecule has 4 aromatic heterocycles. The van der Waals surface area contributed by atoms with Crippen molar-refractivity contribution in [3.05, 3.63) is 53.4 Å². The van der Waals surface area contributed by atoms with Crippen LogP contribution >= 0.6 is 22.7 Å². The molecule has 0 bridgehead atoms. The number of aldehydes is 1. The summed E-state index contributed by atoms with van der Waals surface area (Å²) in [6.07, 6.45) is 4.34. The lowest BCUT2D eigenvalue weighted by Crippen LogP contribution is -1.90. The number of carbonyl (C=O) groups excluding carboxylic acids is 1. The third-order valence-electron chi connectivity index (χ3n) is 3.51. The third-order valence-corrected chi connectivity index (χ3v) is 5.59. The Bertz CT molecular complexity index is 1010. The second-order valence-electron chi connectivity index (χ2n) is 5.02. The first-order valence-corrected chi connectivity index (χ1v) is 8.67. The molecule has 0 aromatic carbocycles. The molecule has 4 rings (SSSR count). The van der Waals surface area contributed by atoms with Gasteiger partial charge in [-0.25, -0.2) is 9.97 Å². The van der Waals surface area contributed by atoms with Crippen molar-refractivity contribution < 1.29 is 4.79 Å². The molecule has 4 aromatic rings. The van der Waals surface area contributed by atoms with E-state index in [0.29, 0.717) is 5.69 Å². The van der Waals surface area contributed by atoms with Crippen LogP contribution in [0.1, 0.15) is 16.2 Å². The van der Waals surface area contributed by atoms with Crippen molar-refractivity contribution in [2.75, 3.05) is 0 Å². The van der Waals surface area contributed by atoms with Crippen LogP contribution in [0.25, 0.3) is 31.2 Å². The van der Waals surface area contributed by atoms with Crippen LogP contribution in [-0.4, -0.2) is 21.2 Å². The maximum atomic E-state index is 11.2. The molecule has 6 heteroatoms. The van der Waals surface area contributed by atoms with Gasteiger partial charge in [-0.3, -0.25) is 9.78 Å². The third kappa shape index (κ3) is 2.46. The number of aromatic nitrogens is 3. The molecule has 0 amide bonds. The molecule has 0 fully saturated rings. The van der Waals surface area contributed by atoms with Gasteiger partial charge in [-0.05, 0) is 36.6 Å². The van der Waals surface area contributed by atoms with E-state index in [9.17, 15) is 4.79 Å². The molecule has 0 saturated carbocycles. The second kappa shape index (κ2) is 5.64. The monoisotopic (exact) mass is 337 g/mol. The summed E-state index contributed by atoms with van der Waals surface area (Å²) < 4.78 is 1.06. The summed E-state index contributed by atoms with van der Waals surface area (Å²) >= 11 is 3.19. The number of nitrogens with zero attached hydrogens (tertiary/aromatic N) is 3. The van der Waals surface area contributed by atoms with Crippen LogP contribution in [0, 0.1) is 6.92 Å². The number of hydrogen-bond acceptors (Lipinski definition) is 6. The number of pyridine rings is 2. The first kappa shape index (κ1) is 14.2. The lowest BCUT2D eigenvalue weighted by atomic mass is 10.2. The zero-order valence-corrected chi connectivity index (χ0v) is 13.8. The van der Waals surface area contributed by atoms with Gasteiger partial charge in [0, 0.05) is 28.0 Å². The van der Waals surface area contributed by atoms with Gasteiger partial charge in [0.25, 0.3) is 0 Å². The lowest BCUT2D eigenvalue weighted by Gasteiger charge is -2.02. The SMILES string of the molecule is Cc1nc(-c2cccnc2)sc1-c1nc(C=O)cc2sccc12. The minimum atomic E-state index is 0.450. The highest BCUT2D eigenvalue weighted by atomic mass is 32.1. The Hall–Kier alpha value is -2.44. The topological polar surface area (TPSA) is 55.7 Å². The summed E-state index contributed by atoms with van der Waals surface area (Å²) in [6, 6.07) is 7.76. The van der Waals surface area contributed by atoms with E-state index < -0.39 is 0 Å². The molecule has 0 unspecified atom stereocenters. The van der Waals surface area contributed by atoms with Gasteiger partial charge in [-0.2, -0.15) is 0 Å². The molecule has 4 nitrogen and oxygen atoms in total. The van der Waals surface area contributed by atoms with E-state index in [0.717, 1.165) is 43.2 Å². The fourth-order valence-electron chi connectivity index (χ4n) is 2.45. The van der Waals surface area contributed by atoms with Crippen molar-refractivity contribution in [1.82, 2.24) is 15.0 Å². The van der Waals surface area contributed by atoms with Crippen LogP contribution in [0.15, 0.2) is 42.0 Å². The van der Waals surface area contributed by atoms with Crippen LogP contribution in [0.3, 0.4) is 0 Å². The molecule has 0 atom stereocenters. The molecule has 0 aliphatic rings. The largest absolute Gasteiger partial charge is 0.296 e. The predicted octanol–water partition coefficient (Wildman–Crippen LogP) is 4.60. The Balaban J connectivity index is 1.93. The van der Waals surface area contributed by atoms with Gasteiger partial charge in [0.1, 0.15) is 10.7 Å². The minimum Gasteiger partial charge on any atom is -0.296 e. The van der Waals surface area contributed by atoms with Crippen LogP contribution in [-0.2, 0) is 0 Å². The number of thiazole rings is 1. The van der Waals surface area contributed by atoms with Gasteiger partial charge >= 0.3 is 0 Å². The normalized spacial score (nSPS) is 11.0. The van der Waals surface area contributed by atoms with Gasteiger partial charge in [0.05, 0.1) is 16.3 Å². The average molecular weight is 337 g/mol. The summed E-state index contributed by atoms with van der Waals surface area (Å²) in [6.45, 7) is 1.97. The smallest absolute Gasteiger partial charge is 0.168 e. The highest BCUT2D eigenvalue weighted by Gasteiger charge is 2.16. The van der Waals surface area contributed by atoms with Gasteiger partial charge in [-0.1, -0.05) is 0 Å². The minimum absolute atomic E-state index is 0.450. The quantitative estimate of drug-likeness (QED) is 0.513. The van der Waals surface area contributed by atoms with Crippen molar-refractivity contribution in [2.24, 2.45) is 0 Å². The lowest BCUT2D eigenvalue weighted by molar-refractivity contribution is 0.111. The molecular formula is C17H11N3OS2. The number of thiophene rings is 1. The van der Waals surface area contributed by atoms with Crippen molar-refractivity contribution in [1.29, 1.82) is 0 Å². The molecule has 0 radical (unpaired) electrons. The van der Waals surface area contributed by atoms with Gasteiger partial charge in [0.2, 0.25) is 0 Å². The Labute approximate surface area is 140 Å². The van der Waals surface area contributed by atoms with E-state index in [1.54, 1.807) is 35.1 Å². The van der Waals surface area contributed by atoms with E-state index in [4.69, 9.17) is 0 Å². The Morgan fingerprint density at radius 3 is 2.91 bits per heavy atom. The fraction of sp³-hybridized carbons (Fsp3) is 0.0588. The molecular weight excluding hydrogens is 326 g/mol. The van der Waals surface area contributed by atoms with E-state index in [-0.39, 0.29) is 0 Å². The maximum absolute atomic E-state index is 11.2. The van der Waals surface area contributed by atoms with E-state index in [2.05, 4.69) is 15.0 Å². The molecule has 112 valence electrons. The summed E-state index contributed by atoms with van der Waals surface area (Å²) in [7, 11) is 0. The number of hydrogen-bond donors (Lipinski definition) is 0. The van der Waals surface area contributed by atoms with Crippen molar-refractivity contribution in [3.63, 3.8) is 0 Å². The number of fused-ring (bicyclic) bond motifs is 1. The van der Waals surface area contributed by atoms with Gasteiger partial charge < -0.3 is 0 Å². The van der Waals surface area contributed by atoms with Gasteiger partial charge in [0.15, 0.2) is 6.29 Å². The summed E-state index contributed by atoms with van der Waals surface area (Å²) in [5, 5.41) is 3.99. The summed E-state index contributed by atoms with van der Waals surface area (Å²) in [5.41, 5.74) is 3.18. The second-order valence-corrected chi connectivity index (χ2v) is 6.97. The Kier molecular flexibility index (Phi) is 3.48. The standard InChI is InChI=1S/C17H11N3OS2/c1-10-16(23-17(19-10)11-3-2-5-18-8-11)15-13-4-6-22-14(13)7-12(9-21)20-15/h2-9H,1H3. The zero-order valence-electron chi connectivity index (χ0n) is 12.2. The molecule has 0 spiro atoms. The Morgan fingerprint density at radius 1 is 1.22 bits per heavy atom. The highest BCUT2D eigenvalue weighted by Crippen LogP contribution is 2.38. The van der Waals surface area contributed by atoms with Crippen LogP contribution in [0.2, 0.25) is 0 Å². The van der Waals surface area contributed by atoms with Crippen LogP contribution < -0.4 is 0 Å². The Morgan fingerprint density at radius 2 is 2.13 bits per heavy atom. The van der Waals surface area contributed by atoms with Crippen LogP contribution in [0.4, 0.5) is 0 Å². The first-order chi connectivity index (χ1) is 11.3. The van der Waals surface area contributed by atoms with Gasteiger partial charge in [-0.15, -0.1) is 22.7 Å². The molecule has 0 aliphatic carbocycles. The molecule has 0 saturated heterocycles. The molecule has 0 aliphatic heterocycles. The average Bonchev–Trinajstić information content (AvgIpc) is 3.21. The summed E-state index contributed by atoms with van der Waals surface area (Å²) in [5.74, 6) is 0. The van der Waals surface area contributed by atoms with Crippen molar-refractivity contribution in [2.45, 2.75) is 6.92 Å². The van der Waals surface area contributed by atoms with E-state index in [1.165, 1.54) is 0 Å². The first-order valence-electron chi connectivity index (χ1n) is 6.98. The van der Waals surface area contributed by atoms with E-state index >= 15 is 0 Å². The number of rotatable bonds is 3.